The first-order valence-electron chi connectivity index (χ1n) is 9.37. The number of hydrogen-bond acceptors (Lipinski definition) is 5. The summed E-state index contributed by atoms with van der Waals surface area (Å²) in [6, 6.07) is 19.9. The summed E-state index contributed by atoms with van der Waals surface area (Å²) in [4.78, 5) is 17.5. The van der Waals surface area contributed by atoms with Crippen molar-refractivity contribution in [1.82, 2.24) is 15.1 Å². The van der Waals surface area contributed by atoms with Crippen molar-refractivity contribution in [2.75, 3.05) is 31.1 Å². The molecular weight excluding hydrogens is 368 g/mol. The Kier molecular flexibility index (Phi) is 5.48. The lowest BCUT2D eigenvalue weighted by molar-refractivity contribution is -0.125. The second-order valence-electron chi connectivity index (χ2n) is 6.72. The fraction of sp³-hybridized carbons (Fsp3) is 0.227. The summed E-state index contributed by atoms with van der Waals surface area (Å²) in [5, 5.41) is 10.2. The highest BCUT2D eigenvalue weighted by molar-refractivity contribution is 7.15. The van der Waals surface area contributed by atoms with E-state index in [9.17, 15) is 4.79 Å². The van der Waals surface area contributed by atoms with Crippen molar-refractivity contribution in [2.45, 2.75) is 6.92 Å². The second-order valence-corrected chi connectivity index (χ2v) is 7.88. The molecule has 142 valence electrons. The second kappa shape index (κ2) is 8.35. The molecule has 0 N–H and O–H groups in total. The van der Waals surface area contributed by atoms with Gasteiger partial charge in [-0.25, -0.2) is 0 Å². The largest absolute Gasteiger partial charge is 0.343 e. The van der Waals surface area contributed by atoms with Gasteiger partial charge in [0.05, 0.1) is 0 Å². The van der Waals surface area contributed by atoms with Gasteiger partial charge in [-0.1, -0.05) is 72.0 Å². The molecule has 1 aromatic heterocycles. The van der Waals surface area contributed by atoms with Gasteiger partial charge in [-0.2, -0.15) is 0 Å². The molecule has 0 unspecified atom stereocenters. The van der Waals surface area contributed by atoms with E-state index in [1.54, 1.807) is 11.3 Å². The SMILES string of the molecule is Cc1nnc(N2CCN(C(=O)/C(=C\c3ccccc3)c3ccccc3)CC2)s1. The number of aromatic nitrogens is 2. The zero-order valence-electron chi connectivity index (χ0n) is 15.8. The maximum Gasteiger partial charge on any atom is 0.254 e. The van der Waals surface area contributed by atoms with Crippen LogP contribution in [0.5, 0.6) is 0 Å². The Morgan fingerprint density at radius 3 is 2.18 bits per heavy atom. The van der Waals surface area contributed by atoms with Crippen molar-refractivity contribution in [3.63, 3.8) is 0 Å². The third-order valence-corrected chi connectivity index (χ3v) is 5.68. The van der Waals surface area contributed by atoms with Crippen LogP contribution >= 0.6 is 11.3 Å². The lowest BCUT2D eigenvalue weighted by Crippen LogP contribution is -2.49. The van der Waals surface area contributed by atoms with Crippen LogP contribution < -0.4 is 4.90 Å². The van der Waals surface area contributed by atoms with E-state index in [1.807, 2.05) is 78.6 Å². The molecule has 1 fully saturated rings. The summed E-state index contributed by atoms with van der Waals surface area (Å²) in [6.07, 6.45) is 1.98. The van der Waals surface area contributed by atoms with E-state index in [4.69, 9.17) is 0 Å². The molecule has 0 aliphatic carbocycles. The molecule has 6 heteroatoms. The summed E-state index contributed by atoms with van der Waals surface area (Å²) in [6.45, 7) is 4.86. The van der Waals surface area contributed by atoms with Crippen molar-refractivity contribution in [3.8, 4) is 0 Å². The highest BCUT2D eigenvalue weighted by Crippen LogP contribution is 2.24. The fourth-order valence-corrected chi connectivity index (χ4v) is 4.03. The summed E-state index contributed by atoms with van der Waals surface area (Å²) in [5.74, 6) is 0.0724. The number of amides is 1. The van der Waals surface area contributed by atoms with Crippen LogP contribution in [0.15, 0.2) is 60.7 Å². The van der Waals surface area contributed by atoms with Crippen molar-refractivity contribution >= 4 is 34.0 Å². The predicted octanol–water partition coefficient (Wildman–Crippen LogP) is 3.74. The fourth-order valence-electron chi connectivity index (χ4n) is 3.29. The predicted molar refractivity (Wildman–Crippen MR) is 114 cm³/mol. The van der Waals surface area contributed by atoms with E-state index < -0.39 is 0 Å². The Morgan fingerprint density at radius 1 is 0.929 bits per heavy atom. The average molecular weight is 391 g/mol. The first-order valence-corrected chi connectivity index (χ1v) is 10.2. The minimum atomic E-state index is 0.0724. The van der Waals surface area contributed by atoms with Crippen LogP contribution in [0.25, 0.3) is 11.6 Å². The van der Waals surface area contributed by atoms with Crippen molar-refractivity contribution in [3.05, 3.63) is 76.8 Å². The molecule has 0 bridgehead atoms. The Labute approximate surface area is 168 Å². The van der Waals surface area contributed by atoms with Crippen LogP contribution in [0.1, 0.15) is 16.1 Å². The summed E-state index contributed by atoms with van der Waals surface area (Å²) < 4.78 is 0. The van der Waals surface area contributed by atoms with Crippen molar-refractivity contribution < 1.29 is 4.79 Å². The van der Waals surface area contributed by atoms with Crippen LogP contribution in [0.4, 0.5) is 5.13 Å². The number of carbonyl (C=O) groups is 1. The quantitative estimate of drug-likeness (QED) is 0.503. The minimum absolute atomic E-state index is 0.0724. The lowest BCUT2D eigenvalue weighted by atomic mass is 10.0. The Bertz CT molecular complexity index is 960. The number of nitrogens with zero attached hydrogens (tertiary/aromatic N) is 4. The molecule has 5 nitrogen and oxygen atoms in total. The lowest BCUT2D eigenvalue weighted by Gasteiger charge is -2.34. The van der Waals surface area contributed by atoms with Gasteiger partial charge in [0.2, 0.25) is 5.13 Å². The molecular formula is C22H22N4OS. The van der Waals surface area contributed by atoms with Crippen LogP contribution in [0.2, 0.25) is 0 Å². The molecule has 1 aliphatic rings. The van der Waals surface area contributed by atoms with E-state index in [-0.39, 0.29) is 5.91 Å². The maximum atomic E-state index is 13.4. The number of carbonyl (C=O) groups excluding carboxylic acids is 1. The normalized spacial score (nSPS) is 15.0. The molecule has 0 saturated carbocycles. The van der Waals surface area contributed by atoms with E-state index in [0.29, 0.717) is 13.1 Å². The molecule has 0 atom stereocenters. The number of benzene rings is 2. The van der Waals surface area contributed by atoms with Gasteiger partial charge in [-0.15, -0.1) is 10.2 Å². The maximum absolute atomic E-state index is 13.4. The number of rotatable bonds is 4. The van der Waals surface area contributed by atoms with E-state index in [1.165, 1.54) is 0 Å². The minimum Gasteiger partial charge on any atom is -0.343 e. The summed E-state index contributed by atoms with van der Waals surface area (Å²) >= 11 is 1.60. The van der Waals surface area contributed by atoms with E-state index in [2.05, 4.69) is 15.1 Å². The Balaban J connectivity index is 1.54. The van der Waals surface area contributed by atoms with Gasteiger partial charge in [0, 0.05) is 31.8 Å². The Hall–Kier alpha value is -2.99. The highest BCUT2D eigenvalue weighted by atomic mass is 32.1. The number of piperazine rings is 1. The average Bonchev–Trinajstić information content (AvgIpc) is 3.19. The van der Waals surface area contributed by atoms with Gasteiger partial charge < -0.3 is 9.80 Å². The van der Waals surface area contributed by atoms with Crippen LogP contribution in [-0.4, -0.2) is 47.2 Å². The van der Waals surface area contributed by atoms with Gasteiger partial charge in [0.1, 0.15) is 5.01 Å². The van der Waals surface area contributed by atoms with Gasteiger partial charge in [-0.3, -0.25) is 4.79 Å². The number of hydrogen-bond donors (Lipinski definition) is 0. The zero-order chi connectivity index (χ0) is 19.3. The molecule has 0 radical (unpaired) electrons. The monoisotopic (exact) mass is 390 g/mol. The van der Waals surface area contributed by atoms with E-state index in [0.717, 1.165) is 39.9 Å². The summed E-state index contributed by atoms with van der Waals surface area (Å²) in [5.41, 5.74) is 2.70. The number of aryl methyl sites for hydroxylation is 1. The molecule has 0 spiro atoms. The molecule has 1 saturated heterocycles. The topological polar surface area (TPSA) is 49.3 Å². The molecule has 28 heavy (non-hydrogen) atoms. The molecule has 2 aromatic carbocycles. The van der Waals surface area contributed by atoms with Crippen LogP contribution in [0.3, 0.4) is 0 Å². The molecule has 1 aliphatic heterocycles. The highest BCUT2D eigenvalue weighted by Gasteiger charge is 2.25. The van der Waals surface area contributed by atoms with Crippen LogP contribution in [0, 0.1) is 6.92 Å². The summed E-state index contributed by atoms with van der Waals surface area (Å²) in [7, 11) is 0. The standard InChI is InChI=1S/C22H22N4OS/c1-17-23-24-22(28-17)26-14-12-25(13-15-26)21(27)20(19-10-6-3-7-11-19)16-18-8-4-2-5-9-18/h2-11,16H,12-15H2,1H3/b20-16-. The first-order chi connectivity index (χ1) is 13.7. The number of anilines is 1. The molecule has 2 heterocycles. The van der Waals surface area contributed by atoms with Gasteiger partial charge in [0.15, 0.2) is 0 Å². The third-order valence-electron chi connectivity index (χ3n) is 4.78. The first kappa shape index (κ1) is 18.4. The smallest absolute Gasteiger partial charge is 0.254 e. The van der Waals surface area contributed by atoms with Crippen molar-refractivity contribution in [2.24, 2.45) is 0 Å². The zero-order valence-corrected chi connectivity index (χ0v) is 16.6. The van der Waals surface area contributed by atoms with Gasteiger partial charge in [0.25, 0.3) is 5.91 Å². The molecule has 3 aromatic rings. The van der Waals surface area contributed by atoms with Gasteiger partial charge >= 0.3 is 0 Å². The van der Waals surface area contributed by atoms with Crippen LogP contribution in [-0.2, 0) is 4.79 Å². The van der Waals surface area contributed by atoms with E-state index >= 15 is 0 Å². The Morgan fingerprint density at radius 2 is 1.57 bits per heavy atom. The molecule has 4 rings (SSSR count). The third kappa shape index (κ3) is 4.12. The van der Waals surface area contributed by atoms with Gasteiger partial charge in [-0.05, 0) is 24.1 Å². The van der Waals surface area contributed by atoms with Crippen molar-refractivity contribution in [1.29, 1.82) is 0 Å². The molecule has 1 amide bonds.